The van der Waals surface area contributed by atoms with Crippen molar-refractivity contribution in [3.8, 4) is 0 Å². The smallest absolute Gasteiger partial charge is 0.209 e. The summed E-state index contributed by atoms with van der Waals surface area (Å²) in [6.07, 6.45) is 0.904. The molecular weight excluding hydrogens is 282 g/mol. The second-order valence-corrected chi connectivity index (χ2v) is 6.01. The largest absolute Gasteiger partial charge is 0.410 e. The molecule has 1 aliphatic heterocycles. The van der Waals surface area contributed by atoms with Crippen LogP contribution in [-0.4, -0.2) is 42.7 Å². The predicted molar refractivity (Wildman–Crippen MR) is 77.6 cm³/mol. The van der Waals surface area contributed by atoms with Gasteiger partial charge in [-0.3, -0.25) is 4.79 Å². The van der Waals surface area contributed by atoms with Crippen molar-refractivity contribution in [1.82, 2.24) is 10.2 Å². The van der Waals surface area contributed by atoms with Crippen molar-refractivity contribution in [3.05, 3.63) is 28.3 Å². The number of hydrogen-bond acceptors (Lipinski definition) is 6. The van der Waals surface area contributed by atoms with Crippen LogP contribution in [-0.2, 0) is 4.79 Å². The average Bonchev–Trinajstić information content (AvgIpc) is 2.97. The van der Waals surface area contributed by atoms with E-state index in [0.29, 0.717) is 5.36 Å². The van der Waals surface area contributed by atoms with Crippen molar-refractivity contribution < 1.29 is 10.0 Å². The first kappa shape index (κ1) is 14.0. The third-order valence-electron chi connectivity index (χ3n) is 2.72. The molecule has 0 radical (unpaired) electrons. The molecule has 0 atom stereocenters. The lowest BCUT2D eigenvalue weighted by Crippen LogP contribution is -2.42. The lowest BCUT2D eigenvalue weighted by atomic mass is 10.4. The van der Waals surface area contributed by atoms with Gasteiger partial charge in [0.2, 0.25) is 6.41 Å². The quantitative estimate of drug-likeness (QED) is 0.474. The highest BCUT2D eigenvalue weighted by Gasteiger charge is 2.04. The summed E-state index contributed by atoms with van der Waals surface area (Å²) in [5.74, 6) is 0. The fourth-order valence-electron chi connectivity index (χ4n) is 1.70. The molecule has 1 saturated heterocycles. The van der Waals surface area contributed by atoms with Gasteiger partial charge in [0, 0.05) is 31.6 Å². The zero-order valence-electron chi connectivity index (χ0n) is 10.3. The number of carbonyl (C=O) groups excluding carboxylic acids is 1. The van der Waals surface area contributed by atoms with Gasteiger partial charge in [0.1, 0.15) is 5.36 Å². The molecule has 3 rings (SSSR count). The topological polar surface area (TPSA) is 64.9 Å². The molecule has 1 amide bonds. The first-order valence-electron chi connectivity index (χ1n) is 5.88. The minimum absolute atomic E-state index is 0.653. The molecule has 2 N–H and O–H groups in total. The second kappa shape index (κ2) is 7.22. The third-order valence-corrected chi connectivity index (χ3v) is 4.70. The average molecular weight is 297 g/mol. The summed E-state index contributed by atoms with van der Waals surface area (Å²) in [6, 6.07) is 3.77. The monoisotopic (exact) mass is 297 g/mol. The summed E-state index contributed by atoms with van der Waals surface area (Å²) in [5.41, 5.74) is 0. The minimum Gasteiger partial charge on any atom is -0.410 e. The van der Waals surface area contributed by atoms with E-state index in [1.807, 2.05) is 16.8 Å². The van der Waals surface area contributed by atoms with Crippen LogP contribution < -0.4 is 10.7 Å². The Labute approximate surface area is 118 Å². The second-order valence-electron chi connectivity index (χ2n) is 3.92. The third kappa shape index (κ3) is 3.76. The number of thiophene rings is 1. The number of nitrogens with zero attached hydrogens (tertiary/aromatic N) is 2. The molecule has 0 aromatic carbocycles. The van der Waals surface area contributed by atoms with Gasteiger partial charge in [0.15, 0.2) is 0 Å². The van der Waals surface area contributed by atoms with Crippen molar-refractivity contribution in [2.75, 3.05) is 26.2 Å². The SMILES string of the molecule is O=CN1CCNCC1.ON=c1ccsc2sccc12. The van der Waals surface area contributed by atoms with Gasteiger partial charge < -0.3 is 15.4 Å². The molecule has 7 heteroatoms. The van der Waals surface area contributed by atoms with Gasteiger partial charge >= 0.3 is 0 Å². The van der Waals surface area contributed by atoms with Crippen molar-refractivity contribution in [2.45, 2.75) is 0 Å². The van der Waals surface area contributed by atoms with E-state index >= 15 is 0 Å². The maximum Gasteiger partial charge on any atom is 0.209 e. The molecule has 5 nitrogen and oxygen atoms in total. The molecule has 2 aromatic heterocycles. The first-order valence-corrected chi connectivity index (χ1v) is 7.64. The van der Waals surface area contributed by atoms with Gasteiger partial charge in [-0.15, -0.1) is 22.7 Å². The maximum absolute atomic E-state index is 10.1. The number of rotatable bonds is 1. The molecule has 19 heavy (non-hydrogen) atoms. The number of piperazine rings is 1. The van der Waals surface area contributed by atoms with E-state index in [4.69, 9.17) is 5.21 Å². The lowest BCUT2D eigenvalue weighted by Gasteiger charge is -2.22. The van der Waals surface area contributed by atoms with Gasteiger partial charge in [-0.1, -0.05) is 5.16 Å². The fraction of sp³-hybridized carbons (Fsp3) is 0.333. The molecule has 0 bridgehead atoms. The summed E-state index contributed by atoms with van der Waals surface area (Å²) < 4.78 is 1.19. The highest BCUT2D eigenvalue weighted by molar-refractivity contribution is 7.36. The molecule has 1 fully saturated rings. The highest BCUT2D eigenvalue weighted by atomic mass is 32.2. The molecule has 102 valence electrons. The van der Waals surface area contributed by atoms with Crippen LogP contribution in [0.4, 0.5) is 0 Å². The maximum atomic E-state index is 10.1. The Morgan fingerprint density at radius 2 is 1.95 bits per heavy atom. The molecule has 1 aliphatic rings. The summed E-state index contributed by atoms with van der Waals surface area (Å²) in [4.78, 5) is 11.8. The molecule has 0 saturated carbocycles. The van der Waals surface area contributed by atoms with E-state index in [1.165, 1.54) is 4.01 Å². The van der Waals surface area contributed by atoms with Crippen LogP contribution in [0.1, 0.15) is 0 Å². The number of hydrogen-bond donors (Lipinski definition) is 2. The minimum atomic E-state index is 0.653. The predicted octanol–water partition coefficient (Wildman–Crippen LogP) is 1.30. The van der Waals surface area contributed by atoms with Crippen molar-refractivity contribution >= 4 is 38.5 Å². The van der Waals surface area contributed by atoms with Crippen molar-refractivity contribution in [3.63, 3.8) is 0 Å². The number of fused-ring (bicyclic) bond motifs is 1. The molecule has 0 spiro atoms. The number of amides is 1. The van der Waals surface area contributed by atoms with Crippen LogP contribution in [0.5, 0.6) is 0 Å². The highest BCUT2D eigenvalue weighted by Crippen LogP contribution is 2.20. The first-order chi connectivity index (χ1) is 9.35. The molecule has 0 unspecified atom stereocenters. The molecule has 2 aromatic rings. The van der Waals surface area contributed by atoms with Gasteiger partial charge in [-0.2, -0.15) is 0 Å². The van der Waals surface area contributed by atoms with E-state index in [1.54, 1.807) is 33.6 Å². The lowest BCUT2D eigenvalue weighted by molar-refractivity contribution is -0.118. The Bertz CT molecular complexity index is 588. The van der Waals surface area contributed by atoms with Crippen molar-refractivity contribution in [2.24, 2.45) is 5.16 Å². The Balaban J connectivity index is 0.000000148. The van der Waals surface area contributed by atoms with Crippen LogP contribution in [0.2, 0.25) is 0 Å². The van der Waals surface area contributed by atoms with Crippen LogP contribution in [0.25, 0.3) is 9.40 Å². The number of carbonyl (C=O) groups is 1. The van der Waals surface area contributed by atoms with Gasteiger partial charge in [0.05, 0.1) is 4.01 Å². The molecule has 0 aliphatic carbocycles. The summed E-state index contributed by atoms with van der Waals surface area (Å²) in [6.45, 7) is 3.62. The van der Waals surface area contributed by atoms with E-state index in [0.717, 1.165) is 38.0 Å². The number of nitrogens with one attached hydrogen (secondary N) is 1. The Hall–Kier alpha value is -1.44. The van der Waals surface area contributed by atoms with Gasteiger partial charge in [0.25, 0.3) is 0 Å². The Morgan fingerprint density at radius 3 is 2.53 bits per heavy atom. The summed E-state index contributed by atoms with van der Waals surface area (Å²) >= 11 is 3.32. The van der Waals surface area contributed by atoms with Crippen LogP contribution in [0.3, 0.4) is 0 Å². The summed E-state index contributed by atoms with van der Waals surface area (Å²) in [7, 11) is 0. The van der Waals surface area contributed by atoms with Gasteiger partial charge in [-0.25, -0.2) is 0 Å². The van der Waals surface area contributed by atoms with Crippen LogP contribution in [0, 0.1) is 0 Å². The van der Waals surface area contributed by atoms with Crippen molar-refractivity contribution in [1.29, 1.82) is 0 Å². The van der Waals surface area contributed by atoms with E-state index in [2.05, 4.69) is 10.5 Å². The van der Waals surface area contributed by atoms with Gasteiger partial charge in [-0.05, 0) is 22.9 Å². The Kier molecular flexibility index (Phi) is 5.31. The fourth-order valence-corrected chi connectivity index (χ4v) is 3.50. The summed E-state index contributed by atoms with van der Waals surface area (Å²) in [5, 5.41) is 20.5. The zero-order chi connectivity index (χ0) is 13.5. The van der Waals surface area contributed by atoms with E-state index in [9.17, 15) is 4.79 Å². The molecule has 3 heterocycles. The van der Waals surface area contributed by atoms with Crippen LogP contribution >= 0.6 is 22.7 Å². The normalized spacial score (nSPS) is 16.0. The van der Waals surface area contributed by atoms with Crippen LogP contribution in [0.15, 0.2) is 28.0 Å². The van der Waals surface area contributed by atoms with E-state index < -0.39 is 0 Å². The van der Waals surface area contributed by atoms with E-state index in [-0.39, 0.29) is 0 Å². The molecular formula is C12H15N3O2S2. The Morgan fingerprint density at radius 1 is 1.26 bits per heavy atom. The standard InChI is InChI=1S/C7H5NOS2.C5H10N2O/c9-8-6-2-4-11-7-5(6)1-3-10-7;8-5-7-3-1-6-2-4-7/h1-4,9H;5-6H,1-4H2. The zero-order valence-corrected chi connectivity index (χ0v) is 11.9.